The maximum atomic E-state index is 9.92. The third-order valence-corrected chi connectivity index (χ3v) is 8.14. The monoisotopic (exact) mass is 559 g/mol. The molecule has 0 unspecified atom stereocenters. The zero-order valence-electron chi connectivity index (χ0n) is 24.2. The molecule has 206 valence electrons. The molecule has 1 nitrogen and oxygen atoms in total. The highest BCUT2D eigenvalue weighted by molar-refractivity contribution is 5.82. The van der Waals surface area contributed by atoms with E-state index in [2.05, 4.69) is 146 Å². The Labute approximate surface area is 259 Å². The molecular formula is C43H29N. The number of benzene rings is 7. The summed E-state index contributed by atoms with van der Waals surface area (Å²) in [6.45, 7) is 0. The van der Waals surface area contributed by atoms with Gasteiger partial charge in [-0.25, -0.2) is 0 Å². The molecule has 0 aromatic heterocycles. The normalized spacial score (nSPS) is 10.7. The van der Waals surface area contributed by atoms with E-state index in [-0.39, 0.29) is 0 Å². The summed E-state index contributed by atoms with van der Waals surface area (Å²) in [6.07, 6.45) is 0. The van der Waals surface area contributed by atoms with Crippen molar-refractivity contribution in [1.29, 1.82) is 5.26 Å². The summed E-state index contributed by atoms with van der Waals surface area (Å²) >= 11 is 0. The highest BCUT2D eigenvalue weighted by atomic mass is 14.3. The predicted molar refractivity (Wildman–Crippen MR) is 184 cm³/mol. The Morgan fingerprint density at radius 2 is 0.591 bits per heavy atom. The Kier molecular flexibility index (Phi) is 7.40. The van der Waals surface area contributed by atoms with E-state index >= 15 is 0 Å². The maximum absolute atomic E-state index is 9.92. The molecule has 0 fully saturated rings. The van der Waals surface area contributed by atoms with Crippen LogP contribution in [-0.4, -0.2) is 0 Å². The maximum Gasteiger partial charge on any atom is 0.0998 e. The van der Waals surface area contributed by atoms with E-state index in [0.29, 0.717) is 5.56 Å². The molecule has 0 aliphatic rings. The van der Waals surface area contributed by atoms with Gasteiger partial charge < -0.3 is 0 Å². The van der Waals surface area contributed by atoms with Gasteiger partial charge in [0.15, 0.2) is 0 Å². The number of hydrogen-bond donors (Lipinski definition) is 0. The number of hydrogen-bond acceptors (Lipinski definition) is 1. The molecule has 0 saturated carbocycles. The topological polar surface area (TPSA) is 23.8 Å². The van der Waals surface area contributed by atoms with Gasteiger partial charge in [0, 0.05) is 5.56 Å². The fraction of sp³-hybridized carbons (Fsp3) is 0. The number of rotatable bonds is 6. The number of nitrogens with zero attached hydrogens (tertiary/aromatic N) is 1. The molecule has 0 amide bonds. The van der Waals surface area contributed by atoms with Crippen LogP contribution >= 0.6 is 0 Å². The molecule has 0 aliphatic carbocycles. The summed E-state index contributed by atoms with van der Waals surface area (Å²) in [6, 6.07) is 63.9. The van der Waals surface area contributed by atoms with Crippen molar-refractivity contribution in [3.05, 3.63) is 181 Å². The smallest absolute Gasteiger partial charge is 0.0998 e. The van der Waals surface area contributed by atoms with Gasteiger partial charge in [-0.15, -0.1) is 0 Å². The van der Waals surface area contributed by atoms with Crippen molar-refractivity contribution in [1.82, 2.24) is 0 Å². The van der Waals surface area contributed by atoms with Crippen LogP contribution in [0.1, 0.15) is 5.56 Å². The molecule has 7 aromatic rings. The Bertz CT molecular complexity index is 2100. The largest absolute Gasteiger partial charge is 0.192 e. The van der Waals surface area contributed by atoms with E-state index < -0.39 is 0 Å². The van der Waals surface area contributed by atoms with Gasteiger partial charge in [-0.1, -0.05) is 146 Å². The van der Waals surface area contributed by atoms with Gasteiger partial charge in [0.05, 0.1) is 11.6 Å². The molecule has 0 atom stereocenters. The molecule has 0 radical (unpaired) electrons. The third kappa shape index (κ3) is 5.58. The summed E-state index contributed by atoms with van der Waals surface area (Å²) in [7, 11) is 0. The van der Waals surface area contributed by atoms with Crippen molar-refractivity contribution in [3.8, 4) is 72.8 Å². The first-order chi connectivity index (χ1) is 21.7. The van der Waals surface area contributed by atoms with E-state index in [9.17, 15) is 5.26 Å². The minimum absolute atomic E-state index is 0.670. The zero-order valence-corrected chi connectivity index (χ0v) is 24.2. The van der Waals surface area contributed by atoms with Crippen LogP contribution in [0.2, 0.25) is 0 Å². The van der Waals surface area contributed by atoms with Gasteiger partial charge in [0.25, 0.3) is 0 Å². The van der Waals surface area contributed by atoms with E-state index in [4.69, 9.17) is 0 Å². The average molecular weight is 560 g/mol. The van der Waals surface area contributed by atoms with Crippen molar-refractivity contribution in [2.75, 3.05) is 0 Å². The second kappa shape index (κ2) is 12.1. The molecule has 7 rings (SSSR count). The Balaban J connectivity index is 1.18. The summed E-state index contributed by atoms with van der Waals surface area (Å²) in [5.41, 5.74) is 14.3. The van der Waals surface area contributed by atoms with Crippen molar-refractivity contribution in [2.24, 2.45) is 0 Å². The van der Waals surface area contributed by atoms with Crippen LogP contribution < -0.4 is 0 Å². The lowest BCUT2D eigenvalue weighted by Crippen LogP contribution is -1.88. The van der Waals surface area contributed by atoms with Crippen molar-refractivity contribution >= 4 is 0 Å². The van der Waals surface area contributed by atoms with Gasteiger partial charge in [-0.05, 0) is 91.5 Å². The highest BCUT2D eigenvalue weighted by Crippen LogP contribution is 2.34. The van der Waals surface area contributed by atoms with Crippen molar-refractivity contribution < 1.29 is 0 Å². The van der Waals surface area contributed by atoms with Crippen LogP contribution in [0.25, 0.3) is 66.8 Å². The molecule has 0 bridgehead atoms. The Hall–Kier alpha value is -5.97. The fourth-order valence-corrected chi connectivity index (χ4v) is 5.80. The van der Waals surface area contributed by atoms with Crippen molar-refractivity contribution in [3.63, 3.8) is 0 Å². The quantitative estimate of drug-likeness (QED) is 0.199. The molecule has 1 heteroatoms. The molecule has 7 aromatic carbocycles. The Morgan fingerprint density at radius 3 is 1.05 bits per heavy atom. The molecule has 0 saturated heterocycles. The third-order valence-electron chi connectivity index (χ3n) is 8.14. The standard InChI is InChI=1S/C43H29N/c44-30-42-25-24-40(29-43(42)41-19-9-16-37(28-41)32-12-5-2-6-13-32)34-22-20-33(21-23-34)36-15-8-18-39(27-36)38-17-7-14-35(26-38)31-10-3-1-4-11-31/h1-29H. The SMILES string of the molecule is N#Cc1ccc(-c2ccc(-c3cccc(-c4cccc(-c5ccccc5)c4)c3)cc2)cc1-c1cccc(-c2ccccc2)c1. The van der Waals surface area contributed by atoms with E-state index in [1.165, 1.54) is 33.4 Å². The molecule has 44 heavy (non-hydrogen) atoms. The first-order valence-corrected chi connectivity index (χ1v) is 14.8. The van der Waals surface area contributed by atoms with E-state index in [1.54, 1.807) is 0 Å². The first-order valence-electron chi connectivity index (χ1n) is 14.8. The molecule has 0 aliphatic heterocycles. The molecule has 0 heterocycles. The van der Waals surface area contributed by atoms with Crippen LogP contribution in [0, 0.1) is 11.3 Å². The lowest BCUT2D eigenvalue weighted by molar-refractivity contribution is 1.47. The predicted octanol–water partition coefficient (Wildman–Crippen LogP) is 11.6. The molecule has 0 spiro atoms. The summed E-state index contributed by atoms with van der Waals surface area (Å²) < 4.78 is 0. The molecular weight excluding hydrogens is 530 g/mol. The van der Waals surface area contributed by atoms with Gasteiger partial charge in [0.1, 0.15) is 0 Å². The second-order valence-corrected chi connectivity index (χ2v) is 10.9. The van der Waals surface area contributed by atoms with Gasteiger partial charge in [-0.2, -0.15) is 5.26 Å². The first kappa shape index (κ1) is 26.9. The lowest BCUT2D eigenvalue weighted by atomic mass is 9.92. The van der Waals surface area contributed by atoms with Crippen LogP contribution in [0.4, 0.5) is 0 Å². The molecule has 0 N–H and O–H groups in total. The fourth-order valence-electron chi connectivity index (χ4n) is 5.80. The summed E-state index contributed by atoms with van der Waals surface area (Å²) in [5.74, 6) is 0. The van der Waals surface area contributed by atoms with Crippen LogP contribution in [0.3, 0.4) is 0 Å². The highest BCUT2D eigenvalue weighted by Gasteiger charge is 2.10. The second-order valence-electron chi connectivity index (χ2n) is 10.9. The van der Waals surface area contributed by atoms with Gasteiger partial charge >= 0.3 is 0 Å². The lowest BCUT2D eigenvalue weighted by Gasteiger charge is -2.11. The minimum atomic E-state index is 0.670. The van der Waals surface area contributed by atoms with Crippen LogP contribution in [0.5, 0.6) is 0 Å². The zero-order chi connectivity index (χ0) is 29.7. The summed E-state index contributed by atoms with van der Waals surface area (Å²) in [4.78, 5) is 0. The van der Waals surface area contributed by atoms with E-state index in [0.717, 1.165) is 33.4 Å². The van der Waals surface area contributed by atoms with E-state index in [1.807, 2.05) is 36.4 Å². The van der Waals surface area contributed by atoms with Crippen molar-refractivity contribution in [2.45, 2.75) is 0 Å². The number of nitriles is 1. The average Bonchev–Trinajstić information content (AvgIpc) is 3.12. The Morgan fingerprint density at radius 1 is 0.273 bits per heavy atom. The summed E-state index contributed by atoms with van der Waals surface area (Å²) in [5, 5.41) is 9.92. The van der Waals surface area contributed by atoms with Crippen LogP contribution in [-0.2, 0) is 0 Å². The van der Waals surface area contributed by atoms with Gasteiger partial charge in [-0.3, -0.25) is 0 Å². The van der Waals surface area contributed by atoms with Gasteiger partial charge in [0.2, 0.25) is 0 Å². The minimum Gasteiger partial charge on any atom is -0.192 e. The van der Waals surface area contributed by atoms with Crippen LogP contribution in [0.15, 0.2) is 176 Å².